The Morgan fingerprint density at radius 1 is 1.18 bits per heavy atom. The predicted octanol–water partition coefficient (Wildman–Crippen LogP) is 1.35. The standard InChI is InChI=1S/C13H24N2O2/c1-11(16)13(7-6-8-14-12(2)17)15-9-4-3-5-10-15/h13H,3-10H2,1-2H3,(H,14,17). The Balaban J connectivity index is 2.32. The van der Waals surface area contributed by atoms with Gasteiger partial charge in [-0.15, -0.1) is 0 Å². The lowest BCUT2D eigenvalue weighted by molar-refractivity contribution is -0.122. The third-order valence-corrected chi connectivity index (χ3v) is 3.33. The number of amides is 1. The first-order valence-corrected chi connectivity index (χ1v) is 6.60. The van der Waals surface area contributed by atoms with Crippen LogP contribution in [0.2, 0.25) is 0 Å². The predicted molar refractivity (Wildman–Crippen MR) is 67.8 cm³/mol. The van der Waals surface area contributed by atoms with Crippen LogP contribution in [-0.2, 0) is 9.59 Å². The van der Waals surface area contributed by atoms with Gasteiger partial charge in [-0.2, -0.15) is 0 Å². The quantitative estimate of drug-likeness (QED) is 0.713. The van der Waals surface area contributed by atoms with E-state index in [4.69, 9.17) is 0 Å². The molecule has 1 rings (SSSR count). The Bertz CT molecular complexity index is 260. The molecule has 1 unspecified atom stereocenters. The number of nitrogens with one attached hydrogen (secondary N) is 1. The minimum absolute atomic E-state index is 0.00217. The van der Waals surface area contributed by atoms with Crippen LogP contribution in [0, 0.1) is 0 Å². The van der Waals surface area contributed by atoms with E-state index in [0.717, 1.165) is 25.9 Å². The Labute approximate surface area is 104 Å². The summed E-state index contributed by atoms with van der Waals surface area (Å²) in [6.07, 6.45) is 5.42. The van der Waals surface area contributed by atoms with Crippen LogP contribution in [0.3, 0.4) is 0 Å². The molecule has 1 saturated heterocycles. The molecule has 0 aromatic carbocycles. The number of hydrogen-bond acceptors (Lipinski definition) is 3. The first-order valence-electron chi connectivity index (χ1n) is 6.60. The topological polar surface area (TPSA) is 49.4 Å². The van der Waals surface area contributed by atoms with Crippen LogP contribution in [-0.4, -0.2) is 42.3 Å². The Morgan fingerprint density at radius 2 is 1.82 bits per heavy atom. The summed E-state index contributed by atoms with van der Waals surface area (Å²) in [5.41, 5.74) is 0. The van der Waals surface area contributed by atoms with Gasteiger partial charge >= 0.3 is 0 Å². The largest absolute Gasteiger partial charge is 0.356 e. The van der Waals surface area contributed by atoms with Gasteiger partial charge in [-0.25, -0.2) is 0 Å². The van der Waals surface area contributed by atoms with Crippen LogP contribution in [0.4, 0.5) is 0 Å². The van der Waals surface area contributed by atoms with E-state index in [9.17, 15) is 9.59 Å². The number of carbonyl (C=O) groups is 2. The van der Waals surface area contributed by atoms with Crippen molar-refractivity contribution in [2.75, 3.05) is 19.6 Å². The maximum absolute atomic E-state index is 11.6. The number of likely N-dealkylation sites (tertiary alicyclic amines) is 1. The summed E-state index contributed by atoms with van der Waals surface area (Å²) in [7, 11) is 0. The molecule has 1 amide bonds. The van der Waals surface area contributed by atoms with E-state index >= 15 is 0 Å². The Morgan fingerprint density at radius 3 is 2.35 bits per heavy atom. The maximum atomic E-state index is 11.6. The van der Waals surface area contributed by atoms with Gasteiger partial charge in [0.15, 0.2) is 0 Å². The van der Waals surface area contributed by atoms with Crippen LogP contribution < -0.4 is 5.32 Å². The number of carbonyl (C=O) groups excluding carboxylic acids is 2. The minimum atomic E-state index is 0.00217. The van der Waals surface area contributed by atoms with Gasteiger partial charge in [0, 0.05) is 13.5 Å². The second-order valence-electron chi connectivity index (χ2n) is 4.85. The van der Waals surface area contributed by atoms with Gasteiger partial charge in [-0.1, -0.05) is 6.42 Å². The highest BCUT2D eigenvalue weighted by Crippen LogP contribution is 2.16. The van der Waals surface area contributed by atoms with Crippen molar-refractivity contribution in [3.8, 4) is 0 Å². The molecule has 1 heterocycles. The van der Waals surface area contributed by atoms with E-state index in [-0.39, 0.29) is 17.7 Å². The summed E-state index contributed by atoms with van der Waals surface area (Å²) >= 11 is 0. The smallest absolute Gasteiger partial charge is 0.216 e. The molecule has 0 saturated carbocycles. The van der Waals surface area contributed by atoms with Crippen LogP contribution >= 0.6 is 0 Å². The highest BCUT2D eigenvalue weighted by molar-refractivity contribution is 5.81. The molecule has 4 heteroatoms. The molecule has 0 radical (unpaired) electrons. The molecule has 4 nitrogen and oxygen atoms in total. The van der Waals surface area contributed by atoms with Crippen molar-refractivity contribution in [2.24, 2.45) is 0 Å². The van der Waals surface area contributed by atoms with E-state index < -0.39 is 0 Å². The van der Waals surface area contributed by atoms with Crippen LogP contribution in [0.5, 0.6) is 0 Å². The van der Waals surface area contributed by atoms with Crippen LogP contribution in [0.15, 0.2) is 0 Å². The summed E-state index contributed by atoms with van der Waals surface area (Å²) in [6, 6.07) is 0.0593. The fourth-order valence-corrected chi connectivity index (χ4v) is 2.43. The van der Waals surface area contributed by atoms with Crippen molar-refractivity contribution < 1.29 is 9.59 Å². The van der Waals surface area contributed by atoms with Gasteiger partial charge in [-0.3, -0.25) is 14.5 Å². The lowest BCUT2D eigenvalue weighted by Crippen LogP contribution is -2.43. The van der Waals surface area contributed by atoms with E-state index in [2.05, 4.69) is 10.2 Å². The minimum Gasteiger partial charge on any atom is -0.356 e. The molecule has 0 aromatic heterocycles. The van der Waals surface area contributed by atoms with E-state index in [1.807, 2.05) is 0 Å². The molecule has 1 atom stereocenters. The van der Waals surface area contributed by atoms with E-state index in [1.165, 1.54) is 26.2 Å². The number of ketones is 1. The summed E-state index contributed by atoms with van der Waals surface area (Å²) in [4.78, 5) is 24.7. The van der Waals surface area contributed by atoms with E-state index in [1.54, 1.807) is 6.92 Å². The third-order valence-electron chi connectivity index (χ3n) is 3.33. The van der Waals surface area contributed by atoms with E-state index in [0.29, 0.717) is 6.54 Å². The lowest BCUT2D eigenvalue weighted by atomic mass is 10.0. The molecule has 1 N–H and O–H groups in total. The van der Waals surface area contributed by atoms with Crippen molar-refractivity contribution in [3.05, 3.63) is 0 Å². The molecule has 98 valence electrons. The maximum Gasteiger partial charge on any atom is 0.216 e. The number of Topliss-reactive ketones (excluding diaryl/α,β-unsaturated/α-hetero) is 1. The highest BCUT2D eigenvalue weighted by atomic mass is 16.1. The zero-order chi connectivity index (χ0) is 12.7. The SMILES string of the molecule is CC(=O)NCCCC(C(C)=O)N1CCCCC1. The third kappa shape index (κ3) is 5.31. The average Bonchev–Trinajstić information content (AvgIpc) is 2.29. The first kappa shape index (κ1) is 14.2. The zero-order valence-corrected chi connectivity index (χ0v) is 11.0. The fourth-order valence-electron chi connectivity index (χ4n) is 2.43. The zero-order valence-electron chi connectivity index (χ0n) is 11.0. The fraction of sp³-hybridized carbons (Fsp3) is 0.846. The lowest BCUT2D eigenvalue weighted by Gasteiger charge is -2.33. The van der Waals surface area contributed by atoms with Crippen molar-refractivity contribution in [3.63, 3.8) is 0 Å². The van der Waals surface area contributed by atoms with Crippen LogP contribution in [0.25, 0.3) is 0 Å². The van der Waals surface area contributed by atoms with Gasteiger partial charge in [0.1, 0.15) is 5.78 Å². The van der Waals surface area contributed by atoms with Crippen molar-refractivity contribution in [2.45, 2.75) is 52.0 Å². The normalized spacial score (nSPS) is 18.7. The summed E-state index contributed by atoms with van der Waals surface area (Å²) in [6.45, 7) is 5.96. The second-order valence-corrected chi connectivity index (χ2v) is 4.85. The molecular formula is C13H24N2O2. The molecule has 1 aliphatic rings. The Kier molecular flexibility index (Phi) is 6.19. The van der Waals surface area contributed by atoms with Gasteiger partial charge in [-0.05, 0) is 45.7 Å². The molecule has 1 aliphatic heterocycles. The molecule has 0 aliphatic carbocycles. The van der Waals surface area contributed by atoms with Gasteiger partial charge in [0.2, 0.25) is 5.91 Å². The molecule has 0 aromatic rings. The van der Waals surface area contributed by atoms with Gasteiger partial charge < -0.3 is 5.32 Å². The summed E-state index contributed by atoms with van der Waals surface area (Å²) in [5.74, 6) is 0.261. The van der Waals surface area contributed by atoms with Crippen molar-refractivity contribution in [1.82, 2.24) is 10.2 Å². The molecule has 1 fully saturated rings. The summed E-state index contributed by atoms with van der Waals surface area (Å²) in [5, 5.41) is 2.77. The van der Waals surface area contributed by atoms with Crippen LogP contribution in [0.1, 0.15) is 46.0 Å². The number of rotatable bonds is 6. The van der Waals surface area contributed by atoms with Crippen molar-refractivity contribution >= 4 is 11.7 Å². The highest BCUT2D eigenvalue weighted by Gasteiger charge is 2.23. The molecule has 17 heavy (non-hydrogen) atoms. The second kappa shape index (κ2) is 7.43. The first-order chi connectivity index (χ1) is 8.11. The molecule has 0 spiro atoms. The van der Waals surface area contributed by atoms with Crippen molar-refractivity contribution in [1.29, 1.82) is 0 Å². The number of nitrogens with zero attached hydrogens (tertiary/aromatic N) is 1. The molecule has 0 bridgehead atoms. The number of piperidine rings is 1. The Hall–Kier alpha value is -0.900. The van der Waals surface area contributed by atoms with Gasteiger partial charge in [0.25, 0.3) is 0 Å². The monoisotopic (exact) mass is 240 g/mol. The summed E-state index contributed by atoms with van der Waals surface area (Å²) < 4.78 is 0. The molecular weight excluding hydrogens is 216 g/mol. The van der Waals surface area contributed by atoms with Gasteiger partial charge in [0.05, 0.1) is 6.04 Å². The average molecular weight is 240 g/mol. The number of hydrogen-bond donors (Lipinski definition) is 1.